The highest BCUT2D eigenvalue weighted by molar-refractivity contribution is 7.22. The summed E-state index contributed by atoms with van der Waals surface area (Å²) in [6, 6.07) is 4.26. The van der Waals surface area contributed by atoms with E-state index in [-0.39, 0.29) is 5.91 Å². The molecule has 2 aromatic heterocycles. The Labute approximate surface area is 162 Å². The molecular weight excluding hydrogens is 360 g/mol. The minimum absolute atomic E-state index is 0.120. The lowest BCUT2D eigenvalue weighted by atomic mass is 10.1. The Kier molecular flexibility index (Phi) is 4.69. The fourth-order valence-electron chi connectivity index (χ4n) is 3.49. The molecule has 0 unspecified atom stereocenters. The van der Waals surface area contributed by atoms with Crippen LogP contribution in [0.4, 0.5) is 5.13 Å². The van der Waals surface area contributed by atoms with E-state index in [9.17, 15) is 4.79 Å². The van der Waals surface area contributed by atoms with E-state index in [1.165, 1.54) is 5.56 Å². The van der Waals surface area contributed by atoms with Crippen molar-refractivity contribution in [2.24, 2.45) is 0 Å². The third-order valence-electron chi connectivity index (χ3n) is 4.87. The quantitative estimate of drug-likeness (QED) is 0.677. The molecule has 4 rings (SSSR count). The lowest BCUT2D eigenvalue weighted by Gasteiger charge is -2.21. The van der Waals surface area contributed by atoms with E-state index < -0.39 is 0 Å². The van der Waals surface area contributed by atoms with Gasteiger partial charge in [-0.25, -0.2) is 4.98 Å². The van der Waals surface area contributed by atoms with E-state index in [2.05, 4.69) is 41.1 Å². The maximum Gasteiger partial charge on any atom is 0.298 e. The molecule has 1 amide bonds. The summed E-state index contributed by atoms with van der Waals surface area (Å²) in [6.45, 7) is 6.27. The molecule has 1 aromatic carbocycles. The molecular formula is C19H24N6OS. The number of likely N-dealkylation sites (N-methyl/N-ethyl adjacent to an activating group) is 1. The first kappa shape index (κ1) is 18.1. The van der Waals surface area contributed by atoms with Gasteiger partial charge in [-0.2, -0.15) is 0 Å². The number of fused-ring (bicyclic) bond motifs is 2. The molecule has 8 heteroatoms. The molecule has 3 heterocycles. The Balaban J connectivity index is 1.74. The van der Waals surface area contributed by atoms with Gasteiger partial charge in [-0.15, -0.1) is 10.2 Å². The van der Waals surface area contributed by atoms with E-state index in [1.54, 1.807) is 16.2 Å². The first-order valence-corrected chi connectivity index (χ1v) is 10.0. The summed E-state index contributed by atoms with van der Waals surface area (Å²) >= 11 is 1.56. The van der Waals surface area contributed by atoms with Crippen LogP contribution in [0.3, 0.4) is 0 Å². The number of hydrogen-bond acceptors (Lipinski definition) is 6. The summed E-state index contributed by atoms with van der Waals surface area (Å²) in [6.07, 6.45) is 1.90. The number of carbonyl (C=O) groups is 1. The van der Waals surface area contributed by atoms with Crippen molar-refractivity contribution in [1.29, 1.82) is 0 Å². The van der Waals surface area contributed by atoms with E-state index in [0.29, 0.717) is 12.4 Å². The van der Waals surface area contributed by atoms with Gasteiger partial charge in [0, 0.05) is 26.1 Å². The third-order valence-corrected chi connectivity index (χ3v) is 5.89. The van der Waals surface area contributed by atoms with Crippen molar-refractivity contribution in [2.45, 2.75) is 33.2 Å². The minimum atomic E-state index is -0.120. The Morgan fingerprint density at radius 1 is 1.22 bits per heavy atom. The predicted octanol–water partition coefficient (Wildman–Crippen LogP) is 2.66. The van der Waals surface area contributed by atoms with Gasteiger partial charge in [-0.1, -0.05) is 17.4 Å². The van der Waals surface area contributed by atoms with Crippen LogP contribution < -0.4 is 4.90 Å². The highest BCUT2D eigenvalue weighted by Gasteiger charge is 2.29. The standard InChI is InChI=1S/C19H24N6OS/c1-12-10-13(2)16-14(11-12)27-19(20-16)25(9-8-23(3)4)18(26)17-22-21-15-6-5-7-24(15)17/h10-11H,5-9H2,1-4H3. The SMILES string of the molecule is Cc1cc(C)c2nc(N(CCN(C)C)C(=O)c3nnc4n3CCC4)sc2c1. The van der Waals surface area contributed by atoms with Crippen molar-refractivity contribution >= 4 is 32.6 Å². The largest absolute Gasteiger partial charge is 0.308 e. The average molecular weight is 385 g/mol. The van der Waals surface area contributed by atoms with Gasteiger partial charge in [0.15, 0.2) is 5.13 Å². The Morgan fingerprint density at radius 3 is 2.81 bits per heavy atom. The minimum Gasteiger partial charge on any atom is -0.308 e. The zero-order chi connectivity index (χ0) is 19.1. The lowest BCUT2D eigenvalue weighted by molar-refractivity contribution is 0.0971. The smallest absolute Gasteiger partial charge is 0.298 e. The van der Waals surface area contributed by atoms with Crippen LogP contribution in [0.5, 0.6) is 0 Å². The third kappa shape index (κ3) is 3.35. The number of aromatic nitrogens is 4. The molecule has 0 aliphatic carbocycles. The number of carbonyl (C=O) groups excluding carboxylic acids is 1. The molecule has 27 heavy (non-hydrogen) atoms. The average Bonchev–Trinajstić information content (AvgIpc) is 3.28. The van der Waals surface area contributed by atoms with Gasteiger partial charge >= 0.3 is 0 Å². The van der Waals surface area contributed by atoms with Crippen LogP contribution in [0.25, 0.3) is 10.2 Å². The summed E-state index contributed by atoms with van der Waals surface area (Å²) in [4.78, 5) is 22.0. The van der Waals surface area contributed by atoms with E-state index in [0.717, 1.165) is 52.7 Å². The van der Waals surface area contributed by atoms with Crippen LogP contribution in [0.1, 0.15) is 34.0 Å². The van der Waals surface area contributed by atoms with Crippen LogP contribution in [0.15, 0.2) is 12.1 Å². The zero-order valence-electron chi connectivity index (χ0n) is 16.2. The number of rotatable bonds is 5. The number of aryl methyl sites for hydroxylation is 3. The lowest BCUT2D eigenvalue weighted by Crippen LogP contribution is -2.38. The molecule has 7 nitrogen and oxygen atoms in total. The monoisotopic (exact) mass is 384 g/mol. The molecule has 0 bridgehead atoms. The predicted molar refractivity (Wildman–Crippen MR) is 108 cm³/mol. The molecule has 3 aromatic rings. The van der Waals surface area contributed by atoms with Crippen molar-refractivity contribution in [3.8, 4) is 0 Å². The number of anilines is 1. The number of amides is 1. The van der Waals surface area contributed by atoms with Gasteiger partial charge in [0.1, 0.15) is 5.82 Å². The molecule has 0 atom stereocenters. The van der Waals surface area contributed by atoms with E-state index in [4.69, 9.17) is 4.98 Å². The molecule has 0 N–H and O–H groups in total. The molecule has 1 aliphatic heterocycles. The maximum atomic E-state index is 13.4. The van der Waals surface area contributed by atoms with Gasteiger partial charge in [0.25, 0.3) is 5.91 Å². The molecule has 0 saturated carbocycles. The summed E-state index contributed by atoms with van der Waals surface area (Å²) in [5, 5.41) is 9.10. The molecule has 0 fully saturated rings. The van der Waals surface area contributed by atoms with Gasteiger partial charge in [0.05, 0.1) is 10.2 Å². The van der Waals surface area contributed by atoms with Crippen LogP contribution in [0.2, 0.25) is 0 Å². The number of nitrogens with zero attached hydrogens (tertiary/aromatic N) is 6. The fourth-order valence-corrected chi connectivity index (χ4v) is 4.65. The summed E-state index contributed by atoms with van der Waals surface area (Å²) < 4.78 is 3.06. The second-order valence-corrected chi connectivity index (χ2v) is 8.39. The zero-order valence-corrected chi connectivity index (χ0v) is 17.0. The van der Waals surface area contributed by atoms with Crippen LogP contribution >= 0.6 is 11.3 Å². The molecule has 0 saturated heterocycles. The van der Waals surface area contributed by atoms with E-state index in [1.807, 2.05) is 18.7 Å². The summed E-state index contributed by atoms with van der Waals surface area (Å²) in [5.41, 5.74) is 3.31. The summed E-state index contributed by atoms with van der Waals surface area (Å²) in [7, 11) is 4.01. The van der Waals surface area contributed by atoms with E-state index >= 15 is 0 Å². The van der Waals surface area contributed by atoms with Crippen LogP contribution in [-0.2, 0) is 13.0 Å². The molecule has 0 radical (unpaired) electrons. The maximum absolute atomic E-state index is 13.4. The van der Waals surface area contributed by atoms with Crippen LogP contribution in [-0.4, -0.2) is 57.7 Å². The highest BCUT2D eigenvalue weighted by Crippen LogP contribution is 2.32. The second-order valence-electron chi connectivity index (χ2n) is 7.38. The first-order chi connectivity index (χ1) is 12.9. The van der Waals surface area contributed by atoms with Crippen molar-refractivity contribution < 1.29 is 4.79 Å². The fraction of sp³-hybridized carbons (Fsp3) is 0.474. The Morgan fingerprint density at radius 2 is 2.04 bits per heavy atom. The van der Waals surface area contributed by atoms with Crippen LogP contribution in [0, 0.1) is 13.8 Å². The highest BCUT2D eigenvalue weighted by atomic mass is 32.1. The summed E-state index contributed by atoms with van der Waals surface area (Å²) in [5.74, 6) is 1.21. The number of thiazole rings is 1. The van der Waals surface area contributed by atoms with Crippen molar-refractivity contribution in [2.75, 3.05) is 32.1 Å². The molecule has 1 aliphatic rings. The van der Waals surface area contributed by atoms with Gasteiger partial charge in [-0.05, 0) is 51.6 Å². The Hall–Kier alpha value is -2.32. The first-order valence-electron chi connectivity index (χ1n) is 9.20. The molecule has 0 spiro atoms. The van der Waals surface area contributed by atoms with Crippen molar-refractivity contribution in [1.82, 2.24) is 24.6 Å². The Bertz CT molecular complexity index is 1010. The van der Waals surface area contributed by atoms with Gasteiger partial charge in [-0.3, -0.25) is 9.69 Å². The second kappa shape index (κ2) is 7.01. The normalized spacial score (nSPS) is 13.5. The van der Waals surface area contributed by atoms with Crippen molar-refractivity contribution in [3.05, 3.63) is 34.9 Å². The van der Waals surface area contributed by atoms with Crippen molar-refractivity contribution in [3.63, 3.8) is 0 Å². The van der Waals surface area contributed by atoms with Gasteiger partial charge in [0.2, 0.25) is 5.82 Å². The molecule has 142 valence electrons. The topological polar surface area (TPSA) is 67.2 Å². The number of benzene rings is 1. The van der Waals surface area contributed by atoms with Gasteiger partial charge < -0.3 is 9.47 Å². The number of hydrogen-bond donors (Lipinski definition) is 0.